The number of benzene rings is 1. The van der Waals surface area contributed by atoms with Gasteiger partial charge in [0.2, 0.25) is 0 Å². The molecule has 1 aliphatic heterocycles. The van der Waals surface area contributed by atoms with Gasteiger partial charge in [0.15, 0.2) is 0 Å². The highest BCUT2D eigenvalue weighted by Crippen LogP contribution is 2.19. The molecule has 26 heavy (non-hydrogen) atoms. The van der Waals surface area contributed by atoms with Crippen LogP contribution in [0.15, 0.2) is 36.4 Å². The number of hydrogen-bond donors (Lipinski definition) is 0. The van der Waals surface area contributed by atoms with Gasteiger partial charge >= 0.3 is 0 Å². The predicted molar refractivity (Wildman–Crippen MR) is 101 cm³/mol. The fourth-order valence-corrected chi connectivity index (χ4v) is 3.33. The quantitative estimate of drug-likeness (QED) is 0.753. The van der Waals surface area contributed by atoms with Crippen LogP contribution in [0.1, 0.15) is 28.0 Å². The van der Waals surface area contributed by atoms with E-state index in [9.17, 15) is 4.79 Å². The first-order chi connectivity index (χ1) is 12.6. The molecule has 3 rings (SSSR count). The maximum Gasteiger partial charge on any atom is 0.274 e. The van der Waals surface area contributed by atoms with E-state index in [0.717, 1.165) is 31.6 Å². The standard InChI is InChI=1S/C19H18Cl2N4O/c20-16-6-7-17(21)23-18(16)19(26)25-9-1-8-24(10-11-25)13-15-4-2-14(12-22)3-5-15/h2-7H,1,8-11,13H2. The monoisotopic (exact) mass is 388 g/mol. The van der Waals surface area contributed by atoms with Gasteiger partial charge < -0.3 is 4.90 Å². The number of nitriles is 1. The molecule has 0 radical (unpaired) electrons. The van der Waals surface area contributed by atoms with E-state index in [4.69, 9.17) is 28.5 Å². The number of carbonyl (C=O) groups is 1. The summed E-state index contributed by atoms with van der Waals surface area (Å²) in [7, 11) is 0. The van der Waals surface area contributed by atoms with Gasteiger partial charge in [-0.15, -0.1) is 0 Å². The van der Waals surface area contributed by atoms with Crippen molar-refractivity contribution >= 4 is 29.1 Å². The summed E-state index contributed by atoms with van der Waals surface area (Å²) >= 11 is 12.0. The summed E-state index contributed by atoms with van der Waals surface area (Å²) in [5, 5.41) is 9.46. The molecule has 0 unspecified atom stereocenters. The Bertz CT molecular complexity index is 832. The summed E-state index contributed by atoms with van der Waals surface area (Å²) in [5.74, 6) is -0.183. The Kier molecular flexibility index (Phi) is 6.10. The maximum absolute atomic E-state index is 12.7. The number of halogens is 2. The molecule has 1 aliphatic rings. The van der Waals surface area contributed by atoms with E-state index in [1.807, 2.05) is 24.3 Å². The predicted octanol–water partition coefficient (Wildman–Crippen LogP) is 3.61. The van der Waals surface area contributed by atoms with Crippen LogP contribution in [0.3, 0.4) is 0 Å². The lowest BCUT2D eigenvalue weighted by atomic mass is 10.1. The number of rotatable bonds is 3. The van der Waals surface area contributed by atoms with Gasteiger partial charge in [0.1, 0.15) is 10.8 Å². The zero-order valence-electron chi connectivity index (χ0n) is 14.2. The second kappa shape index (κ2) is 8.50. The van der Waals surface area contributed by atoms with Crippen LogP contribution in [0.4, 0.5) is 0 Å². The van der Waals surface area contributed by atoms with Gasteiger partial charge in [0.05, 0.1) is 16.7 Å². The summed E-state index contributed by atoms with van der Waals surface area (Å²) in [6, 6.07) is 12.9. The lowest BCUT2D eigenvalue weighted by molar-refractivity contribution is 0.0755. The second-order valence-electron chi connectivity index (χ2n) is 6.20. The van der Waals surface area contributed by atoms with Gasteiger partial charge in [-0.05, 0) is 36.2 Å². The minimum atomic E-state index is -0.183. The molecular formula is C19H18Cl2N4O. The fourth-order valence-electron chi connectivity index (χ4n) is 2.99. The average molecular weight is 389 g/mol. The Morgan fingerprint density at radius 1 is 1.08 bits per heavy atom. The van der Waals surface area contributed by atoms with E-state index < -0.39 is 0 Å². The summed E-state index contributed by atoms with van der Waals surface area (Å²) in [4.78, 5) is 20.9. The number of pyridine rings is 1. The van der Waals surface area contributed by atoms with Crippen LogP contribution in [-0.4, -0.2) is 46.9 Å². The molecule has 1 saturated heterocycles. The highest BCUT2D eigenvalue weighted by molar-refractivity contribution is 6.34. The average Bonchev–Trinajstić information content (AvgIpc) is 2.89. The summed E-state index contributed by atoms with van der Waals surface area (Å²) < 4.78 is 0. The second-order valence-corrected chi connectivity index (χ2v) is 6.99. The van der Waals surface area contributed by atoms with E-state index in [-0.39, 0.29) is 16.8 Å². The van der Waals surface area contributed by atoms with Gasteiger partial charge in [0, 0.05) is 32.7 Å². The first-order valence-electron chi connectivity index (χ1n) is 8.39. The van der Waals surface area contributed by atoms with Crippen LogP contribution in [0.25, 0.3) is 0 Å². The summed E-state index contributed by atoms with van der Waals surface area (Å²) in [5.41, 5.74) is 2.02. The van der Waals surface area contributed by atoms with Gasteiger partial charge in [0.25, 0.3) is 5.91 Å². The van der Waals surface area contributed by atoms with Gasteiger partial charge in [-0.1, -0.05) is 35.3 Å². The van der Waals surface area contributed by atoms with Crippen LogP contribution in [0.2, 0.25) is 10.2 Å². The Morgan fingerprint density at radius 2 is 1.85 bits per heavy atom. The molecule has 0 saturated carbocycles. The first-order valence-corrected chi connectivity index (χ1v) is 9.15. The van der Waals surface area contributed by atoms with E-state index in [2.05, 4.69) is 16.0 Å². The third kappa shape index (κ3) is 4.53. The van der Waals surface area contributed by atoms with Gasteiger partial charge in [-0.2, -0.15) is 5.26 Å². The van der Waals surface area contributed by atoms with Gasteiger partial charge in [-0.3, -0.25) is 9.69 Å². The molecule has 0 N–H and O–H groups in total. The highest BCUT2D eigenvalue weighted by Gasteiger charge is 2.23. The topological polar surface area (TPSA) is 60.2 Å². The van der Waals surface area contributed by atoms with Crippen LogP contribution >= 0.6 is 23.2 Å². The smallest absolute Gasteiger partial charge is 0.274 e. The number of carbonyl (C=O) groups excluding carboxylic acids is 1. The summed E-state index contributed by atoms with van der Waals surface area (Å²) in [6.07, 6.45) is 0.875. The molecule has 0 aliphatic carbocycles. The van der Waals surface area contributed by atoms with E-state index in [0.29, 0.717) is 23.7 Å². The molecule has 1 fully saturated rings. The lowest BCUT2D eigenvalue weighted by Crippen LogP contribution is -2.35. The number of aromatic nitrogens is 1. The molecule has 2 heterocycles. The van der Waals surface area contributed by atoms with Crippen molar-refractivity contribution in [3.05, 3.63) is 63.4 Å². The molecule has 0 atom stereocenters. The molecule has 134 valence electrons. The minimum absolute atomic E-state index is 0.183. The normalized spacial score (nSPS) is 15.3. The number of nitrogens with zero attached hydrogens (tertiary/aromatic N) is 4. The van der Waals surface area contributed by atoms with Crippen molar-refractivity contribution in [3.63, 3.8) is 0 Å². The SMILES string of the molecule is N#Cc1ccc(CN2CCCN(C(=O)c3nc(Cl)ccc3Cl)CC2)cc1. The van der Waals surface area contributed by atoms with Crippen molar-refractivity contribution in [2.45, 2.75) is 13.0 Å². The largest absolute Gasteiger partial charge is 0.336 e. The van der Waals surface area contributed by atoms with Crippen LogP contribution in [-0.2, 0) is 6.54 Å². The van der Waals surface area contributed by atoms with E-state index >= 15 is 0 Å². The molecule has 1 aromatic carbocycles. The van der Waals surface area contributed by atoms with Crippen LogP contribution in [0, 0.1) is 11.3 Å². The van der Waals surface area contributed by atoms with Crippen LogP contribution < -0.4 is 0 Å². The highest BCUT2D eigenvalue weighted by atomic mass is 35.5. The Balaban J connectivity index is 1.63. The maximum atomic E-state index is 12.7. The van der Waals surface area contributed by atoms with Gasteiger partial charge in [-0.25, -0.2) is 4.98 Å². The molecule has 5 nitrogen and oxygen atoms in total. The van der Waals surface area contributed by atoms with Crippen molar-refractivity contribution < 1.29 is 4.79 Å². The zero-order chi connectivity index (χ0) is 18.5. The van der Waals surface area contributed by atoms with E-state index in [1.54, 1.807) is 17.0 Å². The number of amides is 1. The van der Waals surface area contributed by atoms with E-state index in [1.165, 1.54) is 0 Å². The van der Waals surface area contributed by atoms with Crippen LogP contribution in [0.5, 0.6) is 0 Å². The van der Waals surface area contributed by atoms with Crippen molar-refractivity contribution in [2.75, 3.05) is 26.2 Å². The Labute approximate surface area is 162 Å². The van der Waals surface area contributed by atoms with Crippen molar-refractivity contribution in [1.29, 1.82) is 5.26 Å². The molecule has 2 aromatic rings. The summed E-state index contributed by atoms with van der Waals surface area (Å²) in [6.45, 7) is 3.74. The molecule has 1 amide bonds. The zero-order valence-corrected chi connectivity index (χ0v) is 15.7. The molecule has 0 bridgehead atoms. The molecular weight excluding hydrogens is 371 g/mol. The molecule has 1 aromatic heterocycles. The Morgan fingerprint density at radius 3 is 2.58 bits per heavy atom. The van der Waals surface area contributed by atoms with Crippen molar-refractivity contribution in [1.82, 2.24) is 14.8 Å². The third-order valence-corrected chi connectivity index (χ3v) is 4.90. The minimum Gasteiger partial charge on any atom is -0.336 e. The third-order valence-electron chi connectivity index (χ3n) is 4.38. The Hall–Kier alpha value is -2.13. The molecule has 7 heteroatoms. The van der Waals surface area contributed by atoms with Crippen molar-refractivity contribution in [2.24, 2.45) is 0 Å². The molecule has 0 spiro atoms. The first kappa shape index (κ1) is 18.7. The van der Waals surface area contributed by atoms with Crippen molar-refractivity contribution in [3.8, 4) is 6.07 Å². The lowest BCUT2D eigenvalue weighted by Gasteiger charge is -2.22. The fraction of sp³-hybridized carbons (Fsp3) is 0.316. The number of hydrogen-bond acceptors (Lipinski definition) is 4.